The van der Waals surface area contributed by atoms with Crippen LogP contribution in [0.2, 0.25) is 0 Å². The number of nitrogens with zero attached hydrogens (tertiary/aromatic N) is 1. The third-order valence-electron chi connectivity index (χ3n) is 8.38. The Morgan fingerprint density at radius 3 is 2.33 bits per heavy atom. The summed E-state index contributed by atoms with van der Waals surface area (Å²) >= 11 is 6.33. The molecule has 5 aliphatic rings. The van der Waals surface area contributed by atoms with Crippen molar-refractivity contribution >= 4 is 51.9 Å². The maximum atomic E-state index is 13.4. The number of alkyl halides is 3. The van der Waals surface area contributed by atoms with Gasteiger partial charge in [0.2, 0.25) is 0 Å². The Labute approximate surface area is 233 Å². The molecule has 39 heavy (non-hydrogen) atoms. The number of benzene rings is 2. The van der Waals surface area contributed by atoms with Gasteiger partial charge in [-0.25, -0.2) is 0 Å². The van der Waals surface area contributed by atoms with Crippen molar-refractivity contribution in [3.63, 3.8) is 0 Å². The summed E-state index contributed by atoms with van der Waals surface area (Å²) in [6.45, 7) is 0. The molecule has 0 aromatic heterocycles. The summed E-state index contributed by atoms with van der Waals surface area (Å²) in [6.07, 6.45) is 3.42. The van der Waals surface area contributed by atoms with Crippen LogP contribution in [0.15, 0.2) is 47.4 Å². The molecule has 0 spiro atoms. The van der Waals surface area contributed by atoms with Gasteiger partial charge >= 0.3 is 12.1 Å². The smallest absolute Gasteiger partial charge is 0.416 e. The summed E-state index contributed by atoms with van der Waals surface area (Å²) in [5.74, 6) is 1.82. The summed E-state index contributed by atoms with van der Waals surface area (Å²) in [5, 5.41) is 0. The number of thioether (sulfide) groups is 1. The average molecular weight is 574 g/mol. The van der Waals surface area contributed by atoms with Gasteiger partial charge in [-0.3, -0.25) is 14.5 Å². The average Bonchev–Trinajstić information content (AvgIpc) is 3.15. The number of carbonyl (C=O) groups excluding carboxylic acids is 2. The van der Waals surface area contributed by atoms with Crippen molar-refractivity contribution in [1.29, 1.82) is 0 Å². The number of anilines is 1. The molecule has 1 heterocycles. The summed E-state index contributed by atoms with van der Waals surface area (Å²) in [7, 11) is 1.48. The van der Waals surface area contributed by atoms with Crippen LogP contribution in [0.25, 0.3) is 6.08 Å². The number of methoxy groups -OCH3 is 1. The molecule has 10 heteroatoms. The highest BCUT2D eigenvalue weighted by Crippen LogP contribution is 2.60. The molecule has 0 unspecified atom stereocenters. The van der Waals surface area contributed by atoms with Gasteiger partial charge in [-0.2, -0.15) is 13.2 Å². The lowest BCUT2D eigenvalue weighted by atomic mass is 9.49. The van der Waals surface area contributed by atoms with E-state index in [0.29, 0.717) is 34.8 Å². The zero-order chi connectivity index (χ0) is 27.5. The van der Waals surface area contributed by atoms with Gasteiger partial charge in [0.05, 0.1) is 28.7 Å². The Bertz CT molecular complexity index is 1370. The number of hydrogen-bond acceptors (Lipinski definition) is 6. The molecule has 2 aromatic rings. The van der Waals surface area contributed by atoms with Gasteiger partial charge in [0.15, 0.2) is 15.8 Å². The first kappa shape index (κ1) is 26.4. The monoisotopic (exact) mass is 573 g/mol. The van der Waals surface area contributed by atoms with Crippen LogP contribution in [0, 0.1) is 23.2 Å². The molecular formula is C29H26F3NO4S2. The van der Waals surface area contributed by atoms with E-state index < -0.39 is 23.1 Å². The Balaban J connectivity index is 1.21. The lowest BCUT2D eigenvalue weighted by Gasteiger charge is -2.55. The minimum atomic E-state index is -4.54. The van der Waals surface area contributed by atoms with E-state index in [9.17, 15) is 22.8 Å². The Morgan fingerprint density at radius 2 is 1.72 bits per heavy atom. The predicted octanol–water partition coefficient (Wildman–Crippen LogP) is 7.24. The Kier molecular flexibility index (Phi) is 6.53. The zero-order valence-corrected chi connectivity index (χ0v) is 22.8. The highest BCUT2D eigenvalue weighted by Gasteiger charge is 2.55. The molecule has 1 saturated heterocycles. The number of halogens is 3. The van der Waals surface area contributed by atoms with Crippen molar-refractivity contribution in [2.24, 2.45) is 23.2 Å². The number of ether oxygens (including phenoxy) is 2. The third-order valence-corrected chi connectivity index (χ3v) is 9.69. The van der Waals surface area contributed by atoms with Gasteiger partial charge in [-0.15, -0.1) is 0 Å². The van der Waals surface area contributed by atoms with E-state index in [2.05, 4.69) is 0 Å². The normalized spacial score (nSPS) is 28.9. The maximum absolute atomic E-state index is 13.4. The molecular weight excluding hydrogens is 547 g/mol. The molecule has 1 aliphatic heterocycles. The lowest BCUT2D eigenvalue weighted by Crippen LogP contribution is -2.51. The molecule has 1 amide bonds. The molecule has 204 valence electrons. The largest absolute Gasteiger partial charge is 0.493 e. The second-order valence-corrected chi connectivity index (χ2v) is 12.7. The molecule has 2 aromatic carbocycles. The molecule has 0 N–H and O–H groups in total. The molecule has 0 atom stereocenters. The third kappa shape index (κ3) is 4.86. The van der Waals surface area contributed by atoms with Crippen molar-refractivity contribution in [2.45, 2.75) is 44.7 Å². The fraction of sp³-hybridized carbons (Fsp3) is 0.414. The number of rotatable bonds is 5. The number of hydrogen-bond donors (Lipinski definition) is 0. The zero-order valence-electron chi connectivity index (χ0n) is 21.1. The summed E-state index contributed by atoms with van der Waals surface area (Å²) < 4.78 is 51.1. The number of esters is 1. The van der Waals surface area contributed by atoms with E-state index >= 15 is 0 Å². The molecule has 4 saturated carbocycles. The fourth-order valence-corrected chi connectivity index (χ4v) is 8.39. The standard InChI is InChI=1S/C29H26F3NO4S2/c1-36-23-10-16(5-6-22(23)37-26(35)28-13-17-7-18(14-28)9-19(8-17)15-28)11-24-25(34)33(27(38)39-24)21-4-2-3-20(12-21)29(30,31)32/h2-6,10-12,17-19H,7-9,13-15H2,1H3/b24-11-. The summed E-state index contributed by atoms with van der Waals surface area (Å²) in [5.41, 5.74) is -0.608. The van der Waals surface area contributed by atoms with E-state index in [0.717, 1.165) is 48.1 Å². The van der Waals surface area contributed by atoms with Crippen LogP contribution in [0.1, 0.15) is 49.7 Å². The van der Waals surface area contributed by atoms with Crippen molar-refractivity contribution in [2.75, 3.05) is 12.0 Å². The van der Waals surface area contributed by atoms with Crippen LogP contribution >= 0.6 is 24.0 Å². The molecule has 4 aliphatic carbocycles. The first-order chi connectivity index (χ1) is 18.5. The first-order valence-electron chi connectivity index (χ1n) is 12.9. The number of carbonyl (C=O) groups is 2. The highest BCUT2D eigenvalue weighted by atomic mass is 32.2. The minimum absolute atomic E-state index is 0.0558. The van der Waals surface area contributed by atoms with E-state index in [1.807, 2.05) is 0 Å². The van der Waals surface area contributed by atoms with Crippen LogP contribution in [-0.2, 0) is 15.8 Å². The number of thiocarbonyl (C=S) groups is 1. The SMILES string of the molecule is COc1cc(/C=C2\SC(=S)N(c3cccc(C(F)(F)F)c3)C2=O)ccc1OC(=O)C12CC3CC(CC(C3)C1)C2. The van der Waals surface area contributed by atoms with Gasteiger partial charge < -0.3 is 9.47 Å². The first-order valence-corrected chi connectivity index (χ1v) is 14.1. The van der Waals surface area contributed by atoms with Crippen molar-refractivity contribution in [1.82, 2.24) is 0 Å². The van der Waals surface area contributed by atoms with Crippen LogP contribution < -0.4 is 14.4 Å². The van der Waals surface area contributed by atoms with Gasteiger partial charge in [0, 0.05) is 0 Å². The number of amides is 1. The topological polar surface area (TPSA) is 55.8 Å². The van der Waals surface area contributed by atoms with E-state index in [1.54, 1.807) is 24.3 Å². The summed E-state index contributed by atoms with van der Waals surface area (Å²) in [4.78, 5) is 27.9. The Morgan fingerprint density at radius 1 is 1.05 bits per heavy atom. The van der Waals surface area contributed by atoms with Crippen molar-refractivity contribution in [3.05, 3.63) is 58.5 Å². The highest BCUT2D eigenvalue weighted by molar-refractivity contribution is 8.27. The van der Waals surface area contributed by atoms with Gasteiger partial charge in [0.25, 0.3) is 5.91 Å². The van der Waals surface area contributed by atoms with Crippen LogP contribution in [0.3, 0.4) is 0 Å². The second kappa shape index (κ2) is 9.66. The van der Waals surface area contributed by atoms with E-state index in [1.165, 1.54) is 38.5 Å². The predicted molar refractivity (Wildman–Crippen MR) is 146 cm³/mol. The lowest BCUT2D eigenvalue weighted by molar-refractivity contribution is -0.161. The maximum Gasteiger partial charge on any atom is 0.416 e. The quantitative estimate of drug-likeness (QED) is 0.163. The van der Waals surface area contributed by atoms with Gasteiger partial charge in [0.1, 0.15) is 0 Å². The molecule has 4 bridgehead atoms. The van der Waals surface area contributed by atoms with E-state index in [4.69, 9.17) is 21.7 Å². The van der Waals surface area contributed by atoms with Crippen molar-refractivity contribution < 1.29 is 32.2 Å². The summed E-state index contributed by atoms with van der Waals surface area (Å²) in [6, 6.07) is 9.54. The molecule has 7 rings (SSSR count). The van der Waals surface area contributed by atoms with Gasteiger partial charge in [-0.1, -0.05) is 36.1 Å². The molecule has 5 fully saturated rings. The van der Waals surface area contributed by atoms with Gasteiger partial charge in [-0.05, 0) is 98.2 Å². The minimum Gasteiger partial charge on any atom is -0.493 e. The molecule has 0 radical (unpaired) electrons. The van der Waals surface area contributed by atoms with Crippen LogP contribution in [-0.4, -0.2) is 23.3 Å². The van der Waals surface area contributed by atoms with Crippen LogP contribution in [0.4, 0.5) is 18.9 Å². The second-order valence-electron chi connectivity index (χ2n) is 11.1. The Hall–Kier alpha value is -2.85. The molecule has 5 nitrogen and oxygen atoms in total. The van der Waals surface area contributed by atoms with E-state index in [-0.39, 0.29) is 20.9 Å². The van der Waals surface area contributed by atoms with Crippen molar-refractivity contribution in [3.8, 4) is 11.5 Å². The fourth-order valence-electron chi connectivity index (χ4n) is 7.09. The van der Waals surface area contributed by atoms with Crippen LogP contribution in [0.5, 0.6) is 11.5 Å².